The topological polar surface area (TPSA) is 144 Å². The normalized spacial score (nSPS) is 50.2. The highest BCUT2D eigenvalue weighted by Crippen LogP contribution is 2.71. The molecule has 1 spiro atoms. The summed E-state index contributed by atoms with van der Waals surface area (Å²) in [4.78, 5) is 22.9. The summed E-state index contributed by atoms with van der Waals surface area (Å²) >= 11 is 6.95. The molecule has 8 atom stereocenters. The molecule has 2 aliphatic heterocycles. The Kier molecular flexibility index (Phi) is 5.45. The number of benzene rings is 1. The quantitative estimate of drug-likeness (QED) is 0.336. The van der Waals surface area contributed by atoms with Crippen LogP contribution in [-0.2, 0) is 29.8 Å². The Morgan fingerprint density at radius 1 is 1.06 bits per heavy atom. The van der Waals surface area contributed by atoms with E-state index in [1.807, 2.05) is 6.07 Å². The summed E-state index contributed by atoms with van der Waals surface area (Å²) in [5.41, 5.74) is -0.0499. The third-order valence-electron chi connectivity index (χ3n) is 8.71. The molecule has 4 aliphatic carbocycles. The smallest absolute Gasteiger partial charge is 0.335 e. The molecule has 0 amide bonds. The standard InChI is InChI=1S/C24H29ClO10/c1-31-24(23(34-35-24)13-5-11-6-14(23)10-22(25,8-11)9-13)12-3-2-4-15(7-12)32-21-18(28)16(26)17(27)19(33-21)20(29)30/h2-4,7,11,13-14,16-19,21,26-28H,5-6,8-10H2,1H3,(H,29,30)/t11?,13?,14?,16-,17-,18+,19-,21+,22?,23?,24?/m0/s1. The van der Waals surface area contributed by atoms with Gasteiger partial charge in [-0.25, -0.2) is 9.68 Å². The van der Waals surface area contributed by atoms with E-state index < -0.39 is 48.1 Å². The summed E-state index contributed by atoms with van der Waals surface area (Å²) in [6, 6.07) is 6.82. The van der Waals surface area contributed by atoms with Crippen molar-refractivity contribution in [3.05, 3.63) is 29.8 Å². The van der Waals surface area contributed by atoms with Crippen LogP contribution in [0.3, 0.4) is 0 Å². The number of aliphatic hydroxyl groups is 3. The zero-order valence-corrected chi connectivity index (χ0v) is 19.8. The molecule has 35 heavy (non-hydrogen) atoms. The summed E-state index contributed by atoms with van der Waals surface area (Å²) in [6.07, 6.45) is -3.83. The summed E-state index contributed by atoms with van der Waals surface area (Å²) in [5.74, 6) is -1.53. The first-order valence-electron chi connectivity index (χ1n) is 11.9. The molecule has 3 unspecified atom stereocenters. The summed E-state index contributed by atoms with van der Waals surface area (Å²) < 4.78 is 17.0. The molecule has 0 aromatic heterocycles. The lowest BCUT2D eigenvalue weighted by Crippen LogP contribution is -2.78. The Bertz CT molecular complexity index is 1000. The third-order valence-corrected chi connectivity index (χ3v) is 9.17. The average molecular weight is 513 g/mol. The van der Waals surface area contributed by atoms with Crippen LogP contribution < -0.4 is 4.74 Å². The van der Waals surface area contributed by atoms with Crippen LogP contribution in [0.1, 0.15) is 37.7 Å². The second-order valence-electron chi connectivity index (χ2n) is 10.7. The van der Waals surface area contributed by atoms with Gasteiger partial charge in [0.15, 0.2) is 11.7 Å². The van der Waals surface area contributed by atoms with E-state index in [-0.39, 0.29) is 22.5 Å². The number of rotatable bonds is 5. The molecule has 4 bridgehead atoms. The Labute approximate surface area is 206 Å². The minimum Gasteiger partial charge on any atom is -0.479 e. The van der Waals surface area contributed by atoms with Crippen LogP contribution in [0.25, 0.3) is 0 Å². The van der Waals surface area contributed by atoms with Crippen molar-refractivity contribution in [1.82, 2.24) is 0 Å². The second-order valence-corrected chi connectivity index (χ2v) is 11.5. The van der Waals surface area contributed by atoms with Crippen molar-refractivity contribution < 1.29 is 49.2 Å². The lowest BCUT2D eigenvalue weighted by atomic mass is 9.46. The monoisotopic (exact) mass is 512 g/mol. The van der Waals surface area contributed by atoms with Crippen molar-refractivity contribution in [1.29, 1.82) is 0 Å². The number of ether oxygens (including phenoxy) is 3. The van der Waals surface area contributed by atoms with Gasteiger partial charge in [0.25, 0.3) is 5.79 Å². The molecule has 1 aromatic carbocycles. The van der Waals surface area contributed by atoms with Gasteiger partial charge in [-0.2, -0.15) is 4.89 Å². The number of methoxy groups -OCH3 is 1. The zero-order valence-electron chi connectivity index (χ0n) is 19.1. The van der Waals surface area contributed by atoms with E-state index in [1.54, 1.807) is 25.3 Å². The summed E-state index contributed by atoms with van der Waals surface area (Å²) in [6.45, 7) is 0. The Morgan fingerprint density at radius 2 is 1.77 bits per heavy atom. The fourth-order valence-corrected chi connectivity index (χ4v) is 7.99. The molecule has 4 N–H and O–H groups in total. The molecular weight excluding hydrogens is 484 g/mol. The van der Waals surface area contributed by atoms with E-state index in [0.29, 0.717) is 11.5 Å². The molecule has 2 saturated heterocycles. The number of aliphatic hydroxyl groups excluding tert-OH is 3. The van der Waals surface area contributed by atoms with E-state index in [4.69, 9.17) is 35.6 Å². The van der Waals surface area contributed by atoms with E-state index in [1.165, 1.54) is 0 Å². The van der Waals surface area contributed by atoms with Gasteiger partial charge in [-0.3, -0.25) is 0 Å². The van der Waals surface area contributed by atoms with E-state index in [2.05, 4.69) is 0 Å². The van der Waals surface area contributed by atoms with Crippen LogP contribution in [0.2, 0.25) is 0 Å². The molecule has 0 radical (unpaired) electrons. The van der Waals surface area contributed by atoms with E-state index >= 15 is 0 Å². The number of carboxylic acids is 1. The first-order valence-corrected chi connectivity index (χ1v) is 12.3. The highest BCUT2D eigenvalue weighted by atomic mass is 35.5. The number of aliphatic carboxylic acids is 1. The van der Waals surface area contributed by atoms with Crippen LogP contribution in [0, 0.1) is 17.8 Å². The Morgan fingerprint density at radius 3 is 2.34 bits per heavy atom. The maximum atomic E-state index is 11.4. The molecule has 192 valence electrons. The van der Waals surface area contributed by atoms with Crippen molar-refractivity contribution in [3.63, 3.8) is 0 Å². The Balaban J connectivity index is 1.29. The molecule has 6 fully saturated rings. The number of carbonyl (C=O) groups is 1. The van der Waals surface area contributed by atoms with E-state index in [0.717, 1.165) is 32.1 Å². The molecule has 4 saturated carbocycles. The predicted molar refractivity (Wildman–Crippen MR) is 117 cm³/mol. The molecule has 6 aliphatic rings. The molecule has 2 heterocycles. The number of halogens is 1. The van der Waals surface area contributed by atoms with Crippen molar-refractivity contribution in [3.8, 4) is 5.75 Å². The second kappa shape index (κ2) is 8.00. The van der Waals surface area contributed by atoms with Crippen LogP contribution in [0.5, 0.6) is 5.75 Å². The molecule has 10 nitrogen and oxygen atoms in total. The van der Waals surface area contributed by atoms with E-state index in [9.17, 15) is 25.2 Å². The minimum absolute atomic E-state index is 0.168. The number of hydrogen-bond acceptors (Lipinski definition) is 9. The van der Waals surface area contributed by atoms with Gasteiger partial charge in [0, 0.05) is 17.5 Å². The number of alkyl halides is 1. The highest BCUT2D eigenvalue weighted by Gasteiger charge is 2.78. The molecule has 7 rings (SSSR count). The van der Waals surface area contributed by atoms with Crippen molar-refractivity contribution in [2.45, 2.75) is 79.1 Å². The van der Waals surface area contributed by atoms with Crippen molar-refractivity contribution >= 4 is 17.6 Å². The average Bonchev–Trinajstić information content (AvgIpc) is 2.78. The van der Waals surface area contributed by atoms with Gasteiger partial charge in [-0.05, 0) is 62.0 Å². The Hall–Kier alpha value is -1.50. The van der Waals surface area contributed by atoms with Gasteiger partial charge < -0.3 is 34.6 Å². The van der Waals surface area contributed by atoms with Crippen molar-refractivity contribution in [2.75, 3.05) is 7.11 Å². The fraction of sp³-hybridized carbons (Fsp3) is 0.708. The van der Waals surface area contributed by atoms with Gasteiger partial charge in [-0.1, -0.05) is 12.1 Å². The molecular formula is C24H29ClO10. The van der Waals surface area contributed by atoms with Crippen molar-refractivity contribution in [2.24, 2.45) is 17.8 Å². The van der Waals surface area contributed by atoms with Gasteiger partial charge in [0.2, 0.25) is 6.29 Å². The predicted octanol–water partition coefficient (Wildman–Crippen LogP) is 1.27. The van der Waals surface area contributed by atoms with Crippen LogP contribution in [-0.4, -0.2) is 74.7 Å². The van der Waals surface area contributed by atoms with Crippen LogP contribution in [0.4, 0.5) is 0 Å². The van der Waals surface area contributed by atoms with Gasteiger partial charge in [0.05, 0.1) is 0 Å². The zero-order chi connectivity index (χ0) is 24.8. The third kappa shape index (κ3) is 3.25. The fourth-order valence-electron chi connectivity index (χ4n) is 7.40. The van der Waals surface area contributed by atoms with Gasteiger partial charge >= 0.3 is 5.97 Å². The first-order chi connectivity index (χ1) is 16.6. The van der Waals surface area contributed by atoms with Gasteiger partial charge in [0.1, 0.15) is 24.1 Å². The number of hydrogen-bond donors (Lipinski definition) is 4. The lowest BCUT2D eigenvalue weighted by Gasteiger charge is -2.70. The minimum atomic E-state index is -1.80. The first kappa shape index (κ1) is 23.9. The largest absolute Gasteiger partial charge is 0.479 e. The lowest BCUT2D eigenvalue weighted by molar-refractivity contribution is -0.645. The van der Waals surface area contributed by atoms with Crippen LogP contribution >= 0.6 is 11.6 Å². The SMILES string of the molecule is COC1(c2cccc(O[C@@H]3O[C@H](C(=O)O)[C@@H](O)[C@H](O)[C@H]3O)c2)OOC12C1CC3CC2CC(Cl)(C3)C1. The maximum absolute atomic E-state index is 11.4. The highest BCUT2D eigenvalue weighted by molar-refractivity contribution is 6.24. The summed E-state index contributed by atoms with van der Waals surface area (Å²) in [5, 5.41) is 39.6. The maximum Gasteiger partial charge on any atom is 0.335 e. The van der Waals surface area contributed by atoms with Crippen LogP contribution in [0.15, 0.2) is 24.3 Å². The summed E-state index contributed by atoms with van der Waals surface area (Å²) in [7, 11) is 1.57. The number of carboxylic acid groups (broad SMARTS) is 1. The molecule has 1 aromatic rings. The molecule has 11 heteroatoms. The van der Waals surface area contributed by atoms with Gasteiger partial charge in [-0.15, -0.1) is 11.6 Å².